The Hall–Kier alpha value is -2.28. The number of rotatable bonds is 5. The van der Waals surface area contributed by atoms with Crippen LogP contribution in [0, 0.1) is 5.92 Å². The number of benzene rings is 2. The minimum absolute atomic E-state index is 0.101. The summed E-state index contributed by atoms with van der Waals surface area (Å²) in [5, 5.41) is 3.65. The van der Waals surface area contributed by atoms with Crippen molar-refractivity contribution in [3.63, 3.8) is 0 Å². The first-order chi connectivity index (χ1) is 14.3. The number of halogens is 3. The van der Waals surface area contributed by atoms with Crippen molar-refractivity contribution in [2.75, 3.05) is 25.0 Å². The fourth-order valence-electron chi connectivity index (χ4n) is 3.13. The first kappa shape index (κ1) is 22.4. The molecule has 30 heavy (non-hydrogen) atoms. The fourth-order valence-corrected chi connectivity index (χ4v) is 3.61. The minimum atomic E-state index is -0.511. The molecule has 0 aliphatic carbocycles. The molecule has 1 saturated heterocycles. The van der Waals surface area contributed by atoms with Gasteiger partial charge in [-0.3, -0.25) is 14.4 Å². The molecule has 1 fully saturated rings. The Morgan fingerprint density at radius 3 is 2.33 bits per heavy atom. The lowest BCUT2D eigenvalue weighted by molar-refractivity contribution is -0.152. The molecule has 0 aromatic heterocycles. The van der Waals surface area contributed by atoms with Crippen LogP contribution in [0.25, 0.3) is 0 Å². The number of ether oxygens (including phenoxy) is 1. The monoisotopic (exact) mass is 468 g/mol. The second-order valence-corrected chi connectivity index (χ2v) is 8.05. The third kappa shape index (κ3) is 5.65. The fraction of sp³-hybridized carbons (Fsp3) is 0.286. The molecular weight excluding hydrogens is 451 g/mol. The third-order valence-electron chi connectivity index (χ3n) is 4.78. The number of amides is 2. The van der Waals surface area contributed by atoms with Crippen LogP contribution in [0.15, 0.2) is 42.5 Å². The summed E-state index contributed by atoms with van der Waals surface area (Å²) in [5.74, 6) is -1.43. The Labute approximate surface area is 189 Å². The summed E-state index contributed by atoms with van der Waals surface area (Å²) in [5.41, 5.74) is 0.899. The summed E-state index contributed by atoms with van der Waals surface area (Å²) >= 11 is 17.8. The van der Waals surface area contributed by atoms with Gasteiger partial charge in [-0.15, -0.1) is 0 Å². The first-order valence-corrected chi connectivity index (χ1v) is 10.4. The number of anilines is 1. The Morgan fingerprint density at radius 2 is 1.67 bits per heavy atom. The van der Waals surface area contributed by atoms with E-state index in [1.54, 1.807) is 47.4 Å². The summed E-state index contributed by atoms with van der Waals surface area (Å²) in [6.07, 6.45) is 0.944. The number of likely N-dealkylation sites (tertiary alicyclic amines) is 1. The van der Waals surface area contributed by atoms with Gasteiger partial charge in [-0.25, -0.2) is 0 Å². The van der Waals surface area contributed by atoms with Crippen molar-refractivity contribution in [1.82, 2.24) is 4.90 Å². The van der Waals surface area contributed by atoms with Gasteiger partial charge in [0, 0.05) is 23.7 Å². The molecule has 158 valence electrons. The molecule has 2 aromatic rings. The van der Waals surface area contributed by atoms with E-state index >= 15 is 0 Å². The van der Waals surface area contributed by atoms with E-state index in [1.165, 1.54) is 0 Å². The number of esters is 1. The molecule has 0 unspecified atom stereocenters. The van der Waals surface area contributed by atoms with E-state index in [1.807, 2.05) is 0 Å². The van der Waals surface area contributed by atoms with Crippen LogP contribution < -0.4 is 5.32 Å². The van der Waals surface area contributed by atoms with Gasteiger partial charge in [0.15, 0.2) is 6.61 Å². The van der Waals surface area contributed by atoms with Crippen molar-refractivity contribution in [2.24, 2.45) is 5.92 Å². The van der Waals surface area contributed by atoms with Crippen LogP contribution in [0.1, 0.15) is 23.2 Å². The molecule has 6 nitrogen and oxygen atoms in total. The van der Waals surface area contributed by atoms with Crippen molar-refractivity contribution in [2.45, 2.75) is 12.8 Å². The topological polar surface area (TPSA) is 75.7 Å². The predicted molar refractivity (Wildman–Crippen MR) is 116 cm³/mol. The lowest BCUT2D eigenvalue weighted by atomic mass is 9.96. The second-order valence-electron chi connectivity index (χ2n) is 6.83. The van der Waals surface area contributed by atoms with Gasteiger partial charge < -0.3 is 15.0 Å². The zero-order valence-electron chi connectivity index (χ0n) is 15.9. The summed E-state index contributed by atoms with van der Waals surface area (Å²) in [6.45, 7) is 0.447. The highest BCUT2D eigenvalue weighted by Crippen LogP contribution is 2.29. The highest BCUT2D eigenvalue weighted by atomic mass is 35.5. The maximum absolute atomic E-state index is 12.5. The van der Waals surface area contributed by atoms with E-state index < -0.39 is 18.5 Å². The average Bonchev–Trinajstić information content (AvgIpc) is 2.75. The number of nitrogens with one attached hydrogen (secondary N) is 1. The largest absolute Gasteiger partial charge is 0.455 e. The van der Waals surface area contributed by atoms with E-state index in [9.17, 15) is 14.4 Å². The third-order valence-corrected chi connectivity index (χ3v) is 5.85. The molecule has 2 amide bonds. The molecule has 9 heteroatoms. The molecule has 1 aliphatic rings. The van der Waals surface area contributed by atoms with Crippen LogP contribution in [0.5, 0.6) is 0 Å². The van der Waals surface area contributed by atoms with Crippen LogP contribution >= 0.6 is 34.8 Å². The van der Waals surface area contributed by atoms with Gasteiger partial charge in [-0.1, -0.05) is 40.9 Å². The van der Waals surface area contributed by atoms with E-state index in [-0.39, 0.29) is 16.8 Å². The smallest absolute Gasteiger partial charge is 0.309 e. The van der Waals surface area contributed by atoms with Crippen molar-refractivity contribution in [3.8, 4) is 0 Å². The predicted octanol–water partition coefficient (Wildman–Crippen LogP) is 4.68. The minimum Gasteiger partial charge on any atom is -0.455 e. The van der Waals surface area contributed by atoms with Crippen LogP contribution in [0.4, 0.5) is 5.69 Å². The lowest BCUT2D eigenvalue weighted by Gasteiger charge is -2.31. The molecule has 0 radical (unpaired) electrons. The van der Waals surface area contributed by atoms with Gasteiger partial charge in [0.2, 0.25) is 0 Å². The summed E-state index contributed by atoms with van der Waals surface area (Å²) < 4.78 is 5.13. The second kappa shape index (κ2) is 10.2. The van der Waals surface area contributed by atoms with E-state index in [2.05, 4.69) is 5.32 Å². The van der Waals surface area contributed by atoms with Gasteiger partial charge in [0.25, 0.3) is 11.8 Å². The Bertz CT molecular complexity index is 942. The highest BCUT2D eigenvalue weighted by Gasteiger charge is 2.29. The summed E-state index contributed by atoms with van der Waals surface area (Å²) in [6, 6.07) is 11.5. The SMILES string of the molecule is O=C(COC(=O)C1CCN(C(=O)c2ccc(Cl)cc2)CC1)Nc1cccc(Cl)c1Cl. The average molecular weight is 470 g/mol. The lowest BCUT2D eigenvalue weighted by Crippen LogP contribution is -2.41. The number of carbonyl (C=O) groups excluding carboxylic acids is 3. The van der Waals surface area contributed by atoms with Gasteiger partial charge in [-0.2, -0.15) is 0 Å². The zero-order chi connectivity index (χ0) is 21.7. The van der Waals surface area contributed by atoms with Gasteiger partial charge in [-0.05, 0) is 49.2 Å². The Kier molecular flexibility index (Phi) is 7.58. The van der Waals surface area contributed by atoms with E-state index in [4.69, 9.17) is 39.5 Å². The maximum atomic E-state index is 12.5. The highest BCUT2D eigenvalue weighted by molar-refractivity contribution is 6.44. The van der Waals surface area contributed by atoms with E-state index in [0.717, 1.165) is 0 Å². The number of carbonyl (C=O) groups is 3. The Balaban J connectivity index is 1.45. The van der Waals surface area contributed by atoms with Crippen molar-refractivity contribution in [1.29, 1.82) is 0 Å². The maximum Gasteiger partial charge on any atom is 0.309 e. The van der Waals surface area contributed by atoms with Crippen molar-refractivity contribution < 1.29 is 19.1 Å². The molecule has 2 aromatic carbocycles. The number of hydrogen-bond acceptors (Lipinski definition) is 4. The molecule has 0 spiro atoms. The van der Waals surface area contributed by atoms with Crippen LogP contribution in [-0.2, 0) is 14.3 Å². The van der Waals surface area contributed by atoms with Gasteiger partial charge in [0.05, 0.1) is 21.7 Å². The standard InChI is InChI=1S/C21H19Cl3N2O4/c22-15-6-4-13(5-7-15)20(28)26-10-8-14(9-11-26)21(29)30-12-18(27)25-17-3-1-2-16(23)19(17)24/h1-7,14H,8-12H2,(H,25,27). The zero-order valence-corrected chi connectivity index (χ0v) is 18.1. The van der Waals surface area contributed by atoms with Crippen LogP contribution in [-0.4, -0.2) is 42.4 Å². The molecule has 1 N–H and O–H groups in total. The summed E-state index contributed by atoms with van der Waals surface area (Å²) in [7, 11) is 0. The van der Waals surface area contributed by atoms with Crippen molar-refractivity contribution in [3.05, 3.63) is 63.1 Å². The summed E-state index contributed by atoms with van der Waals surface area (Å²) in [4.78, 5) is 38.5. The molecule has 3 rings (SSSR count). The van der Waals surface area contributed by atoms with Crippen LogP contribution in [0.2, 0.25) is 15.1 Å². The molecular formula is C21H19Cl3N2O4. The van der Waals surface area contributed by atoms with Gasteiger partial charge >= 0.3 is 5.97 Å². The molecule has 1 heterocycles. The Morgan fingerprint density at radius 1 is 1.00 bits per heavy atom. The molecule has 1 aliphatic heterocycles. The van der Waals surface area contributed by atoms with E-state index in [0.29, 0.717) is 47.2 Å². The molecule has 0 saturated carbocycles. The number of piperidine rings is 1. The normalized spacial score (nSPS) is 14.3. The quantitative estimate of drug-likeness (QED) is 0.645. The first-order valence-electron chi connectivity index (χ1n) is 9.30. The number of nitrogens with zero attached hydrogens (tertiary/aromatic N) is 1. The molecule has 0 atom stereocenters. The van der Waals surface area contributed by atoms with Crippen LogP contribution in [0.3, 0.4) is 0 Å². The van der Waals surface area contributed by atoms with Gasteiger partial charge in [0.1, 0.15) is 0 Å². The number of hydrogen-bond donors (Lipinski definition) is 1. The molecule has 0 bridgehead atoms. The van der Waals surface area contributed by atoms with Crippen molar-refractivity contribution >= 4 is 58.3 Å².